The van der Waals surface area contributed by atoms with Gasteiger partial charge in [0.15, 0.2) is 16.8 Å². The quantitative estimate of drug-likeness (QED) is 0.233. The summed E-state index contributed by atoms with van der Waals surface area (Å²) >= 11 is 1.66. The van der Waals surface area contributed by atoms with Gasteiger partial charge in [-0.05, 0) is 47.5 Å². The second-order valence-corrected chi connectivity index (χ2v) is 9.98. The Bertz CT molecular complexity index is 1830. The summed E-state index contributed by atoms with van der Waals surface area (Å²) in [6.07, 6.45) is 0. The molecule has 0 saturated carbocycles. The molecule has 0 unspecified atom stereocenters. The summed E-state index contributed by atoms with van der Waals surface area (Å²) in [5, 5.41) is 1.83. The number of hydrogen-bond donors (Lipinski definition) is 0. The molecule has 0 aliphatic carbocycles. The van der Waals surface area contributed by atoms with Crippen LogP contribution in [-0.4, -0.2) is 15.0 Å². The molecule has 0 radical (unpaired) electrons. The van der Waals surface area contributed by atoms with Crippen LogP contribution in [0.5, 0.6) is 0 Å². The third-order valence-electron chi connectivity index (χ3n) is 6.53. The number of thiazole rings is 1. The smallest absolute Gasteiger partial charge is 0.196 e. The molecular formula is C33H22N4S. The molecule has 0 N–H and O–H groups in total. The van der Waals surface area contributed by atoms with E-state index in [1.807, 2.05) is 60.7 Å². The molecular weight excluding hydrogens is 484 g/mol. The van der Waals surface area contributed by atoms with E-state index in [4.69, 9.17) is 15.0 Å². The van der Waals surface area contributed by atoms with Crippen molar-refractivity contribution >= 4 is 49.1 Å². The monoisotopic (exact) mass is 506 g/mol. The van der Waals surface area contributed by atoms with Gasteiger partial charge >= 0.3 is 0 Å². The van der Waals surface area contributed by atoms with Crippen molar-refractivity contribution in [1.29, 1.82) is 0 Å². The summed E-state index contributed by atoms with van der Waals surface area (Å²) in [4.78, 5) is 17.3. The number of anilines is 3. The van der Waals surface area contributed by atoms with E-state index in [0.29, 0.717) is 5.82 Å². The molecule has 180 valence electrons. The van der Waals surface area contributed by atoms with Gasteiger partial charge in [-0.1, -0.05) is 108 Å². The van der Waals surface area contributed by atoms with Gasteiger partial charge in [0.05, 0.1) is 15.7 Å². The molecule has 0 atom stereocenters. The van der Waals surface area contributed by atoms with Crippen molar-refractivity contribution in [2.45, 2.75) is 0 Å². The van der Waals surface area contributed by atoms with E-state index in [9.17, 15) is 0 Å². The van der Waals surface area contributed by atoms with Crippen molar-refractivity contribution in [1.82, 2.24) is 15.0 Å². The van der Waals surface area contributed by atoms with Crippen LogP contribution in [0.25, 0.3) is 43.6 Å². The van der Waals surface area contributed by atoms with Crippen LogP contribution in [0, 0.1) is 0 Å². The second-order valence-electron chi connectivity index (χ2n) is 8.97. The van der Waals surface area contributed by atoms with Gasteiger partial charge in [-0.25, -0.2) is 15.0 Å². The third kappa shape index (κ3) is 4.09. The predicted octanol–water partition coefficient (Wildman–Crippen LogP) is 9.04. The van der Waals surface area contributed by atoms with E-state index < -0.39 is 0 Å². The normalized spacial score (nSPS) is 11.2. The molecule has 2 heterocycles. The van der Waals surface area contributed by atoms with E-state index in [1.165, 1.54) is 5.56 Å². The average Bonchev–Trinajstić information content (AvgIpc) is 3.42. The first-order chi connectivity index (χ1) is 18.8. The van der Waals surface area contributed by atoms with E-state index in [-0.39, 0.29) is 0 Å². The van der Waals surface area contributed by atoms with Crippen molar-refractivity contribution in [2.75, 3.05) is 4.90 Å². The zero-order valence-electron chi connectivity index (χ0n) is 20.4. The molecule has 0 spiro atoms. The van der Waals surface area contributed by atoms with E-state index >= 15 is 0 Å². The zero-order valence-corrected chi connectivity index (χ0v) is 21.2. The summed E-state index contributed by atoms with van der Waals surface area (Å²) in [6, 6.07) is 45.6. The highest BCUT2D eigenvalue weighted by atomic mass is 32.1. The lowest BCUT2D eigenvalue weighted by molar-refractivity contribution is 1.15. The van der Waals surface area contributed by atoms with Crippen LogP contribution in [0.3, 0.4) is 0 Å². The topological polar surface area (TPSA) is 41.9 Å². The van der Waals surface area contributed by atoms with Gasteiger partial charge in [-0.3, -0.25) is 4.90 Å². The Kier molecular flexibility index (Phi) is 5.61. The number of fused-ring (bicyclic) bond motifs is 2. The minimum Gasteiger partial charge on any atom is -0.270 e. The molecule has 0 aliphatic heterocycles. The first-order valence-corrected chi connectivity index (χ1v) is 13.3. The first kappa shape index (κ1) is 22.3. The van der Waals surface area contributed by atoms with Crippen molar-refractivity contribution in [2.24, 2.45) is 0 Å². The summed E-state index contributed by atoms with van der Waals surface area (Å²) in [6.45, 7) is 0. The van der Waals surface area contributed by atoms with E-state index in [1.54, 1.807) is 11.3 Å². The molecule has 5 aromatic carbocycles. The Balaban J connectivity index is 1.46. The number of hydrogen-bond acceptors (Lipinski definition) is 5. The largest absolute Gasteiger partial charge is 0.270 e. The molecule has 0 fully saturated rings. The lowest BCUT2D eigenvalue weighted by Gasteiger charge is -2.23. The van der Waals surface area contributed by atoms with Crippen molar-refractivity contribution in [3.8, 4) is 22.5 Å². The molecule has 7 aromatic rings. The molecule has 4 nitrogen and oxygen atoms in total. The summed E-state index contributed by atoms with van der Waals surface area (Å²) in [5.74, 6) is 1.49. The maximum absolute atomic E-state index is 5.16. The Morgan fingerprint density at radius 2 is 1.08 bits per heavy atom. The highest BCUT2D eigenvalue weighted by molar-refractivity contribution is 7.22. The standard InChI is InChI=1S/C33H22N4S/c1-3-11-23(12-4-1)24-19-21-26(22-20-24)37(33-35-29-17-9-10-18-30(29)38-33)32-27-15-7-8-16-28(27)34-31(36-32)25-13-5-2-6-14-25/h1-22H. The number of rotatable bonds is 5. The molecule has 38 heavy (non-hydrogen) atoms. The Morgan fingerprint density at radius 1 is 0.474 bits per heavy atom. The summed E-state index contributed by atoms with van der Waals surface area (Å²) < 4.78 is 1.13. The van der Waals surface area contributed by atoms with Gasteiger partial charge in [-0.15, -0.1) is 0 Å². The minimum absolute atomic E-state index is 0.686. The molecule has 0 bridgehead atoms. The van der Waals surface area contributed by atoms with E-state index in [0.717, 1.165) is 48.9 Å². The first-order valence-electron chi connectivity index (χ1n) is 12.5. The molecule has 2 aromatic heterocycles. The fraction of sp³-hybridized carbons (Fsp3) is 0. The Labute approximate surface area is 224 Å². The Morgan fingerprint density at radius 3 is 1.82 bits per heavy atom. The molecule has 0 aliphatic rings. The van der Waals surface area contributed by atoms with Gasteiger partial charge in [0.2, 0.25) is 0 Å². The van der Waals surface area contributed by atoms with Crippen molar-refractivity contribution < 1.29 is 0 Å². The van der Waals surface area contributed by atoms with Gasteiger partial charge < -0.3 is 0 Å². The van der Waals surface area contributed by atoms with E-state index in [2.05, 4.69) is 77.7 Å². The van der Waals surface area contributed by atoms with Crippen LogP contribution in [0.1, 0.15) is 0 Å². The van der Waals surface area contributed by atoms with Gasteiger partial charge in [-0.2, -0.15) is 0 Å². The lowest BCUT2D eigenvalue weighted by Crippen LogP contribution is -2.13. The van der Waals surface area contributed by atoms with Crippen molar-refractivity contribution in [3.05, 3.63) is 133 Å². The van der Waals surface area contributed by atoms with Gasteiger partial charge in [0, 0.05) is 16.6 Å². The zero-order chi connectivity index (χ0) is 25.3. The fourth-order valence-corrected chi connectivity index (χ4v) is 5.65. The molecule has 0 saturated heterocycles. The summed E-state index contributed by atoms with van der Waals surface area (Å²) in [7, 11) is 0. The summed E-state index contributed by atoms with van der Waals surface area (Å²) in [5.41, 5.74) is 6.18. The van der Waals surface area contributed by atoms with Crippen LogP contribution in [0.2, 0.25) is 0 Å². The van der Waals surface area contributed by atoms with Crippen LogP contribution in [-0.2, 0) is 0 Å². The molecule has 7 rings (SSSR count). The van der Waals surface area contributed by atoms with Gasteiger partial charge in [0.1, 0.15) is 0 Å². The SMILES string of the molecule is c1ccc(-c2ccc(N(c3nc4ccccc4s3)c3nc(-c4ccccc4)nc4ccccc34)cc2)cc1. The lowest BCUT2D eigenvalue weighted by atomic mass is 10.1. The highest BCUT2D eigenvalue weighted by Crippen LogP contribution is 2.42. The Hall–Kier alpha value is -4.87. The maximum Gasteiger partial charge on any atom is 0.196 e. The van der Waals surface area contributed by atoms with Crippen LogP contribution in [0.4, 0.5) is 16.6 Å². The average molecular weight is 507 g/mol. The number of nitrogens with zero attached hydrogens (tertiary/aromatic N) is 4. The van der Waals surface area contributed by atoms with Crippen LogP contribution < -0.4 is 4.90 Å². The number of para-hydroxylation sites is 2. The second kappa shape index (κ2) is 9.54. The highest BCUT2D eigenvalue weighted by Gasteiger charge is 2.22. The number of benzene rings is 5. The molecule has 0 amide bonds. The number of aromatic nitrogens is 3. The van der Waals surface area contributed by atoms with Crippen LogP contribution >= 0.6 is 11.3 Å². The van der Waals surface area contributed by atoms with Crippen molar-refractivity contribution in [3.63, 3.8) is 0 Å². The van der Waals surface area contributed by atoms with Gasteiger partial charge in [0.25, 0.3) is 0 Å². The fourth-order valence-electron chi connectivity index (χ4n) is 4.66. The predicted molar refractivity (Wildman–Crippen MR) is 158 cm³/mol. The third-order valence-corrected chi connectivity index (χ3v) is 7.55. The molecule has 5 heteroatoms. The minimum atomic E-state index is 0.686. The maximum atomic E-state index is 5.16. The van der Waals surface area contributed by atoms with Crippen LogP contribution in [0.15, 0.2) is 133 Å².